The van der Waals surface area contributed by atoms with Gasteiger partial charge in [0.1, 0.15) is 15.4 Å². The molecule has 0 aromatic heterocycles. The number of hydrogen-bond acceptors (Lipinski definition) is 4. The number of likely N-dealkylation sites (N-methyl/N-ethyl adjacent to an activating group) is 1. The Labute approximate surface area is 104 Å². The molecule has 1 N–H and O–H groups in total. The fourth-order valence-corrected chi connectivity index (χ4v) is 2.45. The molecule has 0 heterocycles. The third-order valence-electron chi connectivity index (χ3n) is 3.02. The average Bonchev–Trinajstić information content (AvgIpc) is 2.23. The van der Waals surface area contributed by atoms with E-state index < -0.39 is 21.3 Å². The third-order valence-corrected chi connectivity index (χ3v) is 4.81. The number of carboxylic acid groups (broad SMARTS) is 1. The topological polar surface area (TPSA) is 74.7 Å². The van der Waals surface area contributed by atoms with Gasteiger partial charge in [0.2, 0.25) is 0 Å². The van der Waals surface area contributed by atoms with Crippen molar-refractivity contribution in [1.29, 1.82) is 0 Å². The summed E-state index contributed by atoms with van der Waals surface area (Å²) >= 11 is 0. The Kier molecular flexibility index (Phi) is 6.12. The number of nitrogens with zero attached hydrogens (tertiary/aromatic N) is 1. The van der Waals surface area contributed by atoms with E-state index in [-0.39, 0.29) is 11.5 Å². The van der Waals surface area contributed by atoms with Crippen LogP contribution >= 0.6 is 0 Å². The summed E-state index contributed by atoms with van der Waals surface area (Å²) in [6.45, 7) is 7.83. The SMILES string of the molecule is CCN(CCCS(=O)(=O)CC)C(C)(C)C(=O)O. The summed E-state index contributed by atoms with van der Waals surface area (Å²) in [6.07, 6.45) is 0.473. The molecule has 0 aliphatic carbocycles. The predicted octanol–water partition coefficient (Wildman–Crippen LogP) is 0.996. The van der Waals surface area contributed by atoms with E-state index >= 15 is 0 Å². The van der Waals surface area contributed by atoms with Crippen molar-refractivity contribution in [2.24, 2.45) is 0 Å². The molecule has 0 saturated heterocycles. The molecule has 0 aromatic carbocycles. The minimum Gasteiger partial charge on any atom is -0.480 e. The Hall–Kier alpha value is -0.620. The zero-order chi connectivity index (χ0) is 13.7. The number of carboxylic acids is 1. The maximum Gasteiger partial charge on any atom is 0.323 e. The molecule has 0 saturated carbocycles. The monoisotopic (exact) mass is 265 g/mol. The van der Waals surface area contributed by atoms with Crippen LogP contribution < -0.4 is 0 Å². The van der Waals surface area contributed by atoms with Gasteiger partial charge in [-0.15, -0.1) is 0 Å². The number of hydrogen-bond donors (Lipinski definition) is 1. The lowest BCUT2D eigenvalue weighted by atomic mass is 10.0. The summed E-state index contributed by atoms with van der Waals surface area (Å²) in [7, 11) is -2.96. The lowest BCUT2D eigenvalue weighted by molar-refractivity contribution is -0.149. The summed E-state index contributed by atoms with van der Waals surface area (Å²) < 4.78 is 22.6. The fraction of sp³-hybridized carbons (Fsp3) is 0.909. The lowest BCUT2D eigenvalue weighted by Crippen LogP contribution is -2.50. The molecule has 6 heteroatoms. The maximum atomic E-state index is 11.3. The first kappa shape index (κ1) is 16.4. The zero-order valence-electron chi connectivity index (χ0n) is 11.1. The smallest absolute Gasteiger partial charge is 0.323 e. The molecule has 0 atom stereocenters. The molecule has 0 unspecified atom stereocenters. The average molecular weight is 265 g/mol. The lowest BCUT2D eigenvalue weighted by Gasteiger charge is -2.34. The minimum absolute atomic E-state index is 0.121. The highest BCUT2D eigenvalue weighted by atomic mass is 32.2. The number of carbonyl (C=O) groups is 1. The molecule has 0 aliphatic rings. The first-order chi connectivity index (χ1) is 7.67. The Bertz CT molecular complexity index is 348. The van der Waals surface area contributed by atoms with Gasteiger partial charge in [0.25, 0.3) is 0 Å². The van der Waals surface area contributed by atoms with Crippen LogP contribution in [-0.2, 0) is 14.6 Å². The molecule has 0 rings (SSSR count). The summed E-state index contributed by atoms with van der Waals surface area (Å²) in [5.74, 6) is -0.630. The first-order valence-corrected chi connectivity index (χ1v) is 7.68. The number of aliphatic carboxylic acids is 1. The molecule has 5 nitrogen and oxygen atoms in total. The van der Waals surface area contributed by atoms with E-state index in [2.05, 4.69) is 0 Å². The second-order valence-electron chi connectivity index (χ2n) is 4.53. The van der Waals surface area contributed by atoms with E-state index in [1.165, 1.54) is 0 Å². The molecular weight excluding hydrogens is 242 g/mol. The van der Waals surface area contributed by atoms with Crippen LogP contribution in [0.25, 0.3) is 0 Å². The fourth-order valence-electron chi connectivity index (χ4n) is 1.59. The normalized spacial score (nSPS) is 13.0. The number of rotatable bonds is 8. The summed E-state index contributed by atoms with van der Waals surface area (Å²) in [5.41, 5.74) is -0.954. The first-order valence-electron chi connectivity index (χ1n) is 5.86. The summed E-state index contributed by atoms with van der Waals surface area (Å²) in [5, 5.41) is 9.09. The molecule has 102 valence electrons. The van der Waals surface area contributed by atoms with Crippen molar-refractivity contribution >= 4 is 15.8 Å². The van der Waals surface area contributed by atoms with E-state index in [1.54, 1.807) is 25.7 Å². The second kappa shape index (κ2) is 6.35. The van der Waals surface area contributed by atoms with Gasteiger partial charge >= 0.3 is 5.97 Å². The molecule has 0 amide bonds. The molecule has 0 bridgehead atoms. The Morgan fingerprint density at radius 3 is 2.18 bits per heavy atom. The van der Waals surface area contributed by atoms with E-state index in [0.29, 0.717) is 19.5 Å². The van der Waals surface area contributed by atoms with Crippen LogP contribution in [0.5, 0.6) is 0 Å². The van der Waals surface area contributed by atoms with Gasteiger partial charge < -0.3 is 5.11 Å². The van der Waals surface area contributed by atoms with Gasteiger partial charge in [-0.3, -0.25) is 9.69 Å². The standard InChI is InChI=1S/C11H23NO4S/c1-5-12(11(3,4)10(13)14)8-7-9-17(15,16)6-2/h5-9H2,1-4H3,(H,13,14). The van der Waals surface area contributed by atoms with Crippen molar-refractivity contribution < 1.29 is 18.3 Å². The van der Waals surface area contributed by atoms with Crippen molar-refractivity contribution in [3.8, 4) is 0 Å². The van der Waals surface area contributed by atoms with Crippen molar-refractivity contribution in [2.75, 3.05) is 24.6 Å². The summed E-state index contributed by atoms with van der Waals surface area (Å²) in [4.78, 5) is 12.9. The van der Waals surface area contributed by atoms with Gasteiger partial charge in [-0.1, -0.05) is 13.8 Å². The molecule has 0 fully saturated rings. The van der Waals surface area contributed by atoms with Gasteiger partial charge in [0.15, 0.2) is 0 Å². The van der Waals surface area contributed by atoms with Crippen LogP contribution in [0.3, 0.4) is 0 Å². The van der Waals surface area contributed by atoms with E-state index in [1.807, 2.05) is 6.92 Å². The van der Waals surface area contributed by atoms with E-state index in [4.69, 9.17) is 5.11 Å². The molecule has 17 heavy (non-hydrogen) atoms. The zero-order valence-corrected chi connectivity index (χ0v) is 11.9. The highest BCUT2D eigenvalue weighted by molar-refractivity contribution is 7.91. The van der Waals surface area contributed by atoms with E-state index in [9.17, 15) is 13.2 Å². The van der Waals surface area contributed by atoms with Gasteiger partial charge in [0, 0.05) is 12.3 Å². The maximum absolute atomic E-state index is 11.3. The third kappa shape index (κ3) is 5.04. The van der Waals surface area contributed by atoms with Crippen molar-refractivity contribution in [2.45, 2.75) is 39.7 Å². The minimum atomic E-state index is -2.96. The van der Waals surface area contributed by atoms with Crippen LogP contribution in [0.4, 0.5) is 0 Å². The molecule has 0 spiro atoms. The largest absolute Gasteiger partial charge is 0.480 e. The predicted molar refractivity (Wildman–Crippen MR) is 67.9 cm³/mol. The number of sulfone groups is 1. The van der Waals surface area contributed by atoms with Crippen LogP contribution in [0, 0.1) is 0 Å². The van der Waals surface area contributed by atoms with Crippen LogP contribution in [-0.4, -0.2) is 54.5 Å². The van der Waals surface area contributed by atoms with Gasteiger partial charge in [0.05, 0.1) is 5.75 Å². The Morgan fingerprint density at radius 2 is 1.82 bits per heavy atom. The van der Waals surface area contributed by atoms with Crippen LogP contribution in [0.15, 0.2) is 0 Å². The van der Waals surface area contributed by atoms with Crippen molar-refractivity contribution in [1.82, 2.24) is 4.90 Å². The van der Waals surface area contributed by atoms with Crippen LogP contribution in [0.1, 0.15) is 34.1 Å². The Balaban J connectivity index is 4.40. The quantitative estimate of drug-likeness (QED) is 0.708. The van der Waals surface area contributed by atoms with E-state index in [0.717, 1.165) is 0 Å². The van der Waals surface area contributed by atoms with Gasteiger partial charge in [-0.25, -0.2) is 8.42 Å². The molecular formula is C11H23NO4S. The molecule has 0 aliphatic heterocycles. The highest BCUT2D eigenvalue weighted by Gasteiger charge is 2.33. The van der Waals surface area contributed by atoms with Gasteiger partial charge in [-0.2, -0.15) is 0 Å². The van der Waals surface area contributed by atoms with Crippen molar-refractivity contribution in [3.63, 3.8) is 0 Å². The van der Waals surface area contributed by atoms with Crippen molar-refractivity contribution in [3.05, 3.63) is 0 Å². The Morgan fingerprint density at radius 1 is 1.29 bits per heavy atom. The summed E-state index contributed by atoms with van der Waals surface area (Å²) in [6, 6.07) is 0. The second-order valence-corrected chi connectivity index (χ2v) is 7.01. The molecule has 0 radical (unpaired) electrons. The van der Waals surface area contributed by atoms with Gasteiger partial charge in [-0.05, 0) is 26.8 Å². The highest BCUT2D eigenvalue weighted by Crippen LogP contribution is 2.15. The molecule has 0 aromatic rings. The van der Waals surface area contributed by atoms with Crippen LogP contribution in [0.2, 0.25) is 0 Å².